The van der Waals surface area contributed by atoms with Gasteiger partial charge in [-0.1, -0.05) is 15.9 Å². The molecule has 0 bridgehead atoms. The fourth-order valence-electron chi connectivity index (χ4n) is 2.10. The Morgan fingerprint density at radius 3 is 2.53 bits per heavy atom. The van der Waals surface area contributed by atoms with E-state index in [9.17, 15) is 19.1 Å². The fraction of sp³-hybridized carbons (Fsp3) is 0.778. The Morgan fingerprint density at radius 2 is 2.12 bits per heavy atom. The number of likely N-dealkylation sites (tertiary alicyclic amines) is 1. The molecule has 0 saturated carbocycles. The zero-order chi connectivity index (χ0) is 13.2. The van der Waals surface area contributed by atoms with Gasteiger partial charge in [0.2, 0.25) is 0 Å². The lowest BCUT2D eigenvalue weighted by molar-refractivity contribution is -0.150. The minimum Gasteiger partial charge on any atom is -0.479 e. The number of alkyl halides is 2. The van der Waals surface area contributed by atoms with Gasteiger partial charge in [-0.3, -0.25) is 4.90 Å². The third-order valence-electron chi connectivity index (χ3n) is 2.84. The molecule has 98 valence electrons. The number of rotatable bonds is 4. The van der Waals surface area contributed by atoms with E-state index in [0.717, 1.165) is 0 Å². The molecule has 1 amide bonds. The van der Waals surface area contributed by atoms with Crippen molar-refractivity contribution in [2.24, 2.45) is 0 Å². The molecule has 1 rings (SSSR count). The molecule has 0 aliphatic carbocycles. The second kappa shape index (κ2) is 5.18. The molecule has 6 nitrogen and oxygen atoms in total. The van der Waals surface area contributed by atoms with Gasteiger partial charge in [-0.2, -0.15) is 0 Å². The number of hydrogen-bond donors (Lipinski definition) is 3. The number of hydrogen-bond acceptors (Lipinski definition) is 3. The first-order valence-electron chi connectivity index (χ1n) is 4.95. The number of carboxylic acids is 1. The summed E-state index contributed by atoms with van der Waals surface area (Å²) in [4.78, 5) is 22.7. The van der Waals surface area contributed by atoms with Crippen LogP contribution in [-0.2, 0) is 4.79 Å². The Hall–Kier alpha value is -0.890. The smallest absolute Gasteiger partial charge is 0.408 e. The molecular weight excluding hydrogens is 301 g/mol. The summed E-state index contributed by atoms with van der Waals surface area (Å²) in [6, 6.07) is 0. The second-order valence-corrected chi connectivity index (χ2v) is 4.69. The predicted octanol–water partition coefficient (Wildman–Crippen LogP) is 0.678. The van der Waals surface area contributed by atoms with Gasteiger partial charge >= 0.3 is 12.1 Å². The predicted molar refractivity (Wildman–Crippen MR) is 59.0 cm³/mol. The molecule has 1 heterocycles. The number of aliphatic hydroxyl groups excluding tert-OH is 1. The number of amides is 1. The van der Waals surface area contributed by atoms with Gasteiger partial charge in [0.05, 0.1) is 12.6 Å². The number of nitrogens with zero attached hydrogens (tertiary/aromatic N) is 1. The largest absolute Gasteiger partial charge is 0.479 e. The average molecular weight is 314 g/mol. The molecule has 8 heteroatoms. The van der Waals surface area contributed by atoms with Crippen molar-refractivity contribution in [1.29, 1.82) is 0 Å². The summed E-state index contributed by atoms with van der Waals surface area (Å²) in [6.45, 7) is -0.476. The van der Waals surface area contributed by atoms with E-state index in [4.69, 9.17) is 10.2 Å². The van der Waals surface area contributed by atoms with Crippen molar-refractivity contribution in [3.8, 4) is 0 Å². The second-order valence-electron chi connectivity index (χ2n) is 4.04. The minimum absolute atomic E-state index is 0.104. The van der Waals surface area contributed by atoms with Crippen LogP contribution < -0.4 is 0 Å². The van der Waals surface area contributed by atoms with Gasteiger partial charge in [0, 0.05) is 18.2 Å². The van der Waals surface area contributed by atoms with Crippen LogP contribution in [0.1, 0.15) is 12.8 Å². The van der Waals surface area contributed by atoms with Crippen molar-refractivity contribution in [3.05, 3.63) is 0 Å². The van der Waals surface area contributed by atoms with Gasteiger partial charge in [0.1, 0.15) is 11.7 Å². The lowest BCUT2D eigenvalue weighted by Gasteiger charge is -2.33. The van der Waals surface area contributed by atoms with Crippen LogP contribution in [0.25, 0.3) is 0 Å². The zero-order valence-corrected chi connectivity index (χ0v) is 10.4. The molecule has 0 spiro atoms. The molecule has 0 aromatic heterocycles. The Bertz CT molecular complexity index is 329. The Balaban J connectivity index is 3.04. The van der Waals surface area contributed by atoms with Crippen molar-refractivity contribution < 1.29 is 29.3 Å². The SMILES string of the molecule is O=C(O)N1C[C@H](F)C[C@@]1(CC(O)CBr)C(=O)O. The lowest BCUT2D eigenvalue weighted by atomic mass is 9.89. The van der Waals surface area contributed by atoms with E-state index in [1.807, 2.05) is 0 Å². The Labute approximate surface area is 105 Å². The monoisotopic (exact) mass is 313 g/mol. The molecule has 0 aromatic rings. The molecule has 1 unspecified atom stereocenters. The maximum atomic E-state index is 13.3. The van der Waals surface area contributed by atoms with Gasteiger partial charge in [0.15, 0.2) is 0 Å². The molecule has 3 atom stereocenters. The standard InChI is InChI=1S/C9H13BrFNO5/c10-3-6(13)2-9(7(14)15)1-5(11)4-12(9)8(16)17/h5-6,13H,1-4H2,(H,14,15)(H,16,17)/t5-,6?,9-/m1/s1. The van der Waals surface area contributed by atoms with Gasteiger partial charge in [-0.05, 0) is 0 Å². The van der Waals surface area contributed by atoms with E-state index in [2.05, 4.69) is 15.9 Å². The van der Waals surface area contributed by atoms with Crippen LogP contribution in [0.5, 0.6) is 0 Å². The van der Waals surface area contributed by atoms with E-state index in [1.165, 1.54) is 0 Å². The van der Waals surface area contributed by atoms with Crippen LogP contribution in [0, 0.1) is 0 Å². The van der Waals surface area contributed by atoms with Gasteiger partial charge in [-0.15, -0.1) is 0 Å². The molecule has 1 fully saturated rings. The van der Waals surface area contributed by atoms with Crippen LogP contribution in [0.4, 0.5) is 9.18 Å². The highest BCUT2D eigenvalue weighted by atomic mass is 79.9. The van der Waals surface area contributed by atoms with Crippen LogP contribution in [0.15, 0.2) is 0 Å². The van der Waals surface area contributed by atoms with Crippen molar-refractivity contribution >= 4 is 28.0 Å². The first kappa shape index (κ1) is 14.2. The summed E-state index contributed by atoms with van der Waals surface area (Å²) in [7, 11) is 0. The van der Waals surface area contributed by atoms with E-state index < -0.39 is 42.8 Å². The number of aliphatic carboxylic acids is 1. The summed E-state index contributed by atoms with van der Waals surface area (Å²) in [6.07, 6.45) is -4.82. The number of aliphatic hydroxyl groups is 1. The van der Waals surface area contributed by atoms with E-state index in [1.54, 1.807) is 0 Å². The summed E-state index contributed by atoms with van der Waals surface area (Å²) in [5, 5.41) is 27.6. The molecule has 1 aliphatic heterocycles. The van der Waals surface area contributed by atoms with E-state index in [0.29, 0.717) is 4.90 Å². The summed E-state index contributed by atoms with van der Waals surface area (Å²) in [5.41, 5.74) is -1.88. The van der Waals surface area contributed by atoms with Crippen LogP contribution >= 0.6 is 15.9 Å². The van der Waals surface area contributed by atoms with E-state index in [-0.39, 0.29) is 11.8 Å². The molecule has 0 aromatic carbocycles. The summed E-state index contributed by atoms with van der Waals surface area (Å²) < 4.78 is 13.3. The third-order valence-corrected chi connectivity index (χ3v) is 3.58. The highest BCUT2D eigenvalue weighted by Crippen LogP contribution is 2.36. The first-order valence-corrected chi connectivity index (χ1v) is 6.07. The van der Waals surface area contributed by atoms with Gasteiger partial charge < -0.3 is 15.3 Å². The Kier molecular flexibility index (Phi) is 4.31. The number of carbonyl (C=O) groups is 2. The van der Waals surface area contributed by atoms with Crippen molar-refractivity contribution in [2.45, 2.75) is 30.7 Å². The van der Waals surface area contributed by atoms with Crippen LogP contribution in [0.2, 0.25) is 0 Å². The molecule has 17 heavy (non-hydrogen) atoms. The van der Waals surface area contributed by atoms with Crippen molar-refractivity contribution in [1.82, 2.24) is 4.90 Å². The highest BCUT2D eigenvalue weighted by molar-refractivity contribution is 9.09. The van der Waals surface area contributed by atoms with Gasteiger partial charge in [0.25, 0.3) is 0 Å². The Morgan fingerprint density at radius 1 is 1.53 bits per heavy atom. The molecular formula is C9H13BrFNO5. The topological polar surface area (TPSA) is 98.1 Å². The minimum atomic E-state index is -1.88. The van der Waals surface area contributed by atoms with Crippen molar-refractivity contribution in [3.63, 3.8) is 0 Å². The molecule has 3 N–H and O–H groups in total. The zero-order valence-electron chi connectivity index (χ0n) is 8.84. The van der Waals surface area contributed by atoms with Crippen LogP contribution in [-0.4, -0.2) is 62.0 Å². The maximum absolute atomic E-state index is 13.3. The highest BCUT2D eigenvalue weighted by Gasteiger charge is 2.55. The maximum Gasteiger partial charge on any atom is 0.408 e. The summed E-state index contributed by atoms with van der Waals surface area (Å²) in [5.74, 6) is -1.43. The first-order chi connectivity index (χ1) is 7.83. The molecule has 1 saturated heterocycles. The quantitative estimate of drug-likeness (QED) is 0.663. The molecule has 1 aliphatic rings. The van der Waals surface area contributed by atoms with Gasteiger partial charge in [-0.25, -0.2) is 14.0 Å². The van der Waals surface area contributed by atoms with Crippen LogP contribution in [0.3, 0.4) is 0 Å². The molecule has 0 radical (unpaired) electrons. The normalized spacial score (nSPS) is 30.3. The fourth-order valence-corrected chi connectivity index (χ4v) is 2.33. The van der Waals surface area contributed by atoms with E-state index >= 15 is 0 Å². The lowest BCUT2D eigenvalue weighted by Crippen LogP contribution is -2.54. The average Bonchev–Trinajstić information content (AvgIpc) is 2.56. The summed E-state index contributed by atoms with van der Waals surface area (Å²) >= 11 is 2.96. The number of carboxylic acid groups (broad SMARTS) is 2. The number of halogens is 2. The third kappa shape index (κ3) is 2.68. The van der Waals surface area contributed by atoms with Crippen molar-refractivity contribution in [2.75, 3.05) is 11.9 Å².